The van der Waals surface area contributed by atoms with Gasteiger partial charge in [0.25, 0.3) is 0 Å². The van der Waals surface area contributed by atoms with Gasteiger partial charge >= 0.3 is 0 Å². The molecule has 0 unspecified atom stereocenters. The van der Waals surface area contributed by atoms with E-state index in [-0.39, 0.29) is 0 Å². The summed E-state index contributed by atoms with van der Waals surface area (Å²) in [5.74, 6) is 0.356. The standard InChI is InChI=1S/C20H30O/c1-2-3-4-5-6-7-8-9-11-17-14-15-18-12-10-13-20(21)19(18)16-17/h14-16H,2-13H2,1H3. The minimum Gasteiger partial charge on any atom is -0.294 e. The van der Waals surface area contributed by atoms with Gasteiger partial charge in [0.15, 0.2) is 5.78 Å². The molecule has 0 fully saturated rings. The quantitative estimate of drug-likeness (QED) is 0.517. The number of fused-ring (bicyclic) bond motifs is 1. The third-order valence-electron chi connectivity index (χ3n) is 4.64. The third kappa shape index (κ3) is 5.30. The van der Waals surface area contributed by atoms with Gasteiger partial charge in [-0.2, -0.15) is 0 Å². The monoisotopic (exact) mass is 286 g/mol. The van der Waals surface area contributed by atoms with E-state index in [2.05, 4.69) is 25.1 Å². The van der Waals surface area contributed by atoms with Crippen LogP contribution in [-0.4, -0.2) is 5.78 Å². The molecule has 0 N–H and O–H groups in total. The van der Waals surface area contributed by atoms with Crippen LogP contribution in [0, 0.1) is 0 Å². The Kier molecular flexibility index (Phi) is 6.99. The molecule has 0 bridgehead atoms. The smallest absolute Gasteiger partial charge is 0.163 e. The summed E-state index contributed by atoms with van der Waals surface area (Å²) in [6.45, 7) is 2.27. The Morgan fingerprint density at radius 2 is 1.62 bits per heavy atom. The van der Waals surface area contributed by atoms with E-state index in [1.54, 1.807) is 0 Å². The molecule has 1 aromatic rings. The molecule has 21 heavy (non-hydrogen) atoms. The van der Waals surface area contributed by atoms with Gasteiger partial charge in [-0.1, -0.05) is 64.0 Å². The Hall–Kier alpha value is -1.11. The van der Waals surface area contributed by atoms with E-state index in [1.807, 2.05) is 0 Å². The van der Waals surface area contributed by atoms with Crippen molar-refractivity contribution in [2.75, 3.05) is 0 Å². The van der Waals surface area contributed by atoms with Crippen LogP contribution in [0.15, 0.2) is 18.2 Å². The molecule has 1 heteroatoms. The Labute approximate surface area is 130 Å². The third-order valence-corrected chi connectivity index (χ3v) is 4.64. The van der Waals surface area contributed by atoms with E-state index in [4.69, 9.17) is 0 Å². The van der Waals surface area contributed by atoms with E-state index >= 15 is 0 Å². The van der Waals surface area contributed by atoms with Crippen LogP contribution in [0.3, 0.4) is 0 Å². The van der Waals surface area contributed by atoms with Gasteiger partial charge in [0.05, 0.1) is 0 Å². The van der Waals surface area contributed by atoms with E-state index in [0.717, 1.165) is 31.2 Å². The molecule has 0 spiro atoms. The van der Waals surface area contributed by atoms with Gasteiger partial charge in [-0.3, -0.25) is 4.79 Å². The summed E-state index contributed by atoms with van der Waals surface area (Å²) in [6, 6.07) is 6.59. The summed E-state index contributed by atoms with van der Waals surface area (Å²) >= 11 is 0. The first kappa shape index (κ1) is 16.3. The lowest BCUT2D eigenvalue weighted by Gasteiger charge is -2.15. The second-order valence-corrected chi connectivity index (χ2v) is 6.49. The zero-order valence-corrected chi connectivity index (χ0v) is 13.6. The summed E-state index contributed by atoms with van der Waals surface area (Å²) in [4.78, 5) is 11.9. The Morgan fingerprint density at radius 3 is 2.38 bits per heavy atom. The van der Waals surface area contributed by atoms with Crippen LogP contribution in [0.5, 0.6) is 0 Å². The van der Waals surface area contributed by atoms with E-state index in [1.165, 1.54) is 62.5 Å². The van der Waals surface area contributed by atoms with Crippen LogP contribution >= 0.6 is 0 Å². The van der Waals surface area contributed by atoms with Gasteiger partial charge in [0, 0.05) is 12.0 Å². The highest BCUT2D eigenvalue weighted by atomic mass is 16.1. The molecule has 0 aliphatic heterocycles. The van der Waals surface area contributed by atoms with Crippen LogP contribution in [0.25, 0.3) is 0 Å². The van der Waals surface area contributed by atoms with Crippen LogP contribution in [0.2, 0.25) is 0 Å². The van der Waals surface area contributed by atoms with Crippen molar-refractivity contribution < 1.29 is 4.79 Å². The Morgan fingerprint density at radius 1 is 0.905 bits per heavy atom. The number of ketones is 1. The second-order valence-electron chi connectivity index (χ2n) is 6.49. The molecule has 1 nitrogen and oxygen atoms in total. The molecule has 116 valence electrons. The number of aryl methyl sites for hydroxylation is 2. The molecule has 0 saturated heterocycles. The van der Waals surface area contributed by atoms with Crippen LogP contribution in [0.1, 0.15) is 92.6 Å². The number of carbonyl (C=O) groups excluding carboxylic acids is 1. The molecular weight excluding hydrogens is 256 g/mol. The van der Waals surface area contributed by atoms with Gasteiger partial charge < -0.3 is 0 Å². The average Bonchev–Trinajstić information content (AvgIpc) is 2.51. The minimum absolute atomic E-state index is 0.356. The minimum atomic E-state index is 0.356. The van der Waals surface area contributed by atoms with Crippen molar-refractivity contribution in [2.24, 2.45) is 0 Å². The van der Waals surface area contributed by atoms with Crippen LogP contribution in [-0.2, 0) is 12.8 Å². The fraction of sp³-hybridized carbons (Fsp3) is 0.650. The lowest BCUT2D eigenvalue weighted by Crippen LogP contribution is -2.11. The maximum atomic E-state index is 11.9. The number of hydrogen-bond donors (Lipinski definition) is 0. The summed E-state index contributed by atoms with van der Waals surface area (Å²) in [5, 5.41) is 0. The first-order chi connectivity index (χ1) is 10.3. The van der Waals surface area contributed by atoms with Crippen molar-refractivity contribution in [3.63, 3.8) is 0 Å². The summed E-state index contributed by atoms with van der Waals surface area (Å²) in [6.07, 6.45) is 14.9. The number of hydrogen-bond acceptors (Lipinski definition) is 1. The number of Topliss-reactive ketones (excluding diaryl/α,β-unsaturated/α-hetero) is 1. The number of benzene rings is 1. The van der Waals surface area contributed by atoms with Gasteiger partial charge in [-0.25, -0.2) is 0 Å². The fourth-order valence-electron chi connectivity index (χ4n) is 3.29. The molecule has 0 aromatic heterocycles. The van der Waals surface area contributed by atoms with Crippen molar-refractivity contribution in [3.05, 3.63) is 34.9 Å². The van der Waals surface area contributed by atoms with Crippen molar-refractivity contribution in [1.82, 2.24) is 0 Å². The average molecular weight is 286 g/mol. The highest BCUT2D eigenvalue weighted by Gasteiger charge is 2.16. The van der Waals surface area contributed by atoms with Crippen molar-refractivity contribution in [2.45, 2.75) is 84.0 Å². The molecule has 0 heterocycles. The topological polar surface area (TPSA) is 17.1 Å². The zero-order valence-electron chi connectivity index (χ0n) is 13.6. The molecule has 1 aliphatic carbocycles. The fourth-order valence-corrected chi connectivity index (χ4v) is 3.29. The predicted octanol–water partition coefficient (Wildman–Crippen LogP) is 5.89. The lowest BCUT2D eigenvalue weighted by atomic mass is 9.88. The van der Waals surface area contributed by atoms with Gasteiger partial charge in [-0.15, -0.1) is 0 Å². The largest absolute Gasteiger partial charge is 0.294 e. The SMILES string of the molecule is CCCCCCCCCCc1ccc2c(c1)C(=O)CCC2. The summed E-state index contributed by atoms with van der Waals surface area (Å²) in [5.41, 5.74) is 3.64. The number of rotatable bonds is 9. The lowest BCUT2D eigenvalue weighted by molar-refractivity contribution is 0.0972. The van der Waals surface area contributed by atoms with Crippen molar-refractivity contribution >= 4 is 5.78 Å². The van der Waals surface area contributed by atoms with Crippen LogP contribution < -0.4 is 0 Å². The molecular formula is C20H30O. The maximum Gasteiger partial charge on any atom is 0.163 e. The van der Waals surface area contributed by atoms with E-state index in [9.17, 15) is 4.79 Å². The van der Waals surface area contributed by atoms with E-state index in [0.29, 0.717) is 5.78 Å². The van der Waals surface area contributed by atoms with Gasteiger partial charge in [-0.05, 0) is 42.9 Å². The van der Waals surface area contributed by atoms with Gasteiger partial charge in [0.1, 0.15) is 0 Å². The van der Waals surface area contributed by atoms with Gasteiger partial charge in [0.2, 0.25) is 0 Å². The second kappa shape index (κ2) is 9.02. The highest BCUT2D eigenvalue weighted by Crippen LogP contribution is 2.23. The molecule has 0 radical (unpaired) electrons. The first-order valence-corrected chi connectivity index (χ1v) is 8.96. The molecule has 0 amide bonds. The van der Waals surface area contributed by atoms with Crippen molar-refractivity contribution in [3.8, 4) is 0 Å². The number of carbonyl (C=O) groups is 1. The first-order valence-electron chi connectivity index (χ1n) is 8.96. The molecule has 1 aromatic carbocycles. The Bertz CT molecular complexity index is 447. The molecule has 2 rings (SSSR count). The molecule has 0 saturated carbocycles. The predicted molar refractivity (Wildman–Crippen MR) is 90.0 cm³/mol. The van der Waals surface area contributed by atoms with Crippen LogP contribution in [0.4, 0.5) is 0 Å². The molecule has 0 atom stereocenters. The van der Waals surface area contributed by atoms with E-state index < -0.39 is 0 Å². The Balaban J connectivity index is 1.67. The normalized spacial score (nSPS) is 14.2. The zero-order chi connectivity index (χ0) is 14.9. The maximum absolute atomic E-state index is 11.9. The summed E-state index contributed by atoms with van der Waals surface area (Å²) in [7, 11) is 0. The molecule has 1 aliphatic rings. The van der Waals surface area contributed by atoms with Crippen molar-refractivity contribution in [1.29, 1.82) is 0 Å². The highest BCUT2D eigenvalue weighted by molar-refractivity contribution is 5.98. The number of unbranched alkanes of at least 4 members (excludes halogenated alkanes) is 7. The summed E-state index contributed by atoms with van der Waals surface area (Å²) < 4.78 is 0.